The Hall–Kier alpha value is -2.21. The van der Waals surface area contributed by atoms with Gasteiger partial charge in [-0.15, -0.1) is 5.10 Å². The third-order valence-electron chi connectivity index (χ3n) is 4.54. The number of halogens is 1. The summed E-state index contributed by atoms with van der Waals surface area (Å²) >= 11 is 6.43. The van der Waals surface area contributed by atoms with Crippen molar-refractivity contribution in [1.82, 2.24) is 19.9 Å². The van der Waals surface area contributed by atoms with E-state index in [0.29, 0.717) is 28.3 Å². The number of aromatic nitrogens is 4. The van der Waals surface area contributed by atoms with Crippen molar-refractivity contribution in [3.05, 3.63) is 29.3 Å². The molecule has 1 atom stereocenters. The molecule has 0 saturated heterocycles. The Labute approximate surface area is 194 Å². The highest BCUT2D eigenvalue weighted by Crippen LogP contribution is 2.35. The van der Waals surface area contributed by atoms with Crippen molar-refractivity contribution >= 4 is 47.1 Å². The number of benzene rings is 1. The zero-order valence-corrected chi connectivity index (χ0v) is 21.0. The Balaban J connectivity index is 2.21. The van der Waals surface area contributed by atoms with Gasteiger partial charge in [-0.2, -0.15) is 4.98 Å². The first-order chi connectivity index (χ1) is 15.1. The maximum atomic E-state index is 12.3. The van der Waals surface area contributed by atoms with Crippen LogP contribution in [0.15, 0.2) is 29.4 Å². The van der Waals surface area contributed by atoms with Crippen LogP contribution < -0.4 is 10.2 Å². The number of aliphatic hydroxyl groups excluding tert-OH is 1. The molecule has 0 saturated carbocycles. The number of fused-ring (bicyclic) bond motifs is 1. The topological polar surface area (TPSA) is 119 Å². The Morgan fingerprint density at radius 2 is 2.00 bits per heavy atom. The van der Waals surface area contributed by atoms with Crippen LogP contribution >= 0.6 is 11.6 Å². The highest BCUT2D eigenvalue weighted by molar-refractivity contribution is 7.90. The van der Waals surface area contributed by atoms with Crippen LogP contribution in [0.25, 0.3) is 22.3 Å². The molecule has 0 aliphatic carbocycles. The summed E-state index contributed by atoms with van der Waals surface area (Å²) in [6.45, 7) is 6.64. The third kappa shape index (κ3) is 5.77. The van der Waals surface area contributed by atoms with Crippen LogP contribution in [0.5, 0.6) is 0 Å². The molecule has 2 aromatic heterocycles. The molecule has 2 heterocycles. The normalized spacial score (nSPS) is 13.0. The Morgan fingerprint density at radius 1 is 1.28 bits per heavy atom. The maximum absolute atomic E-state index is 12.3. The van der Waals surface area contributed by atoms with Gasteiger partial charge in [-0.1, -0.05) is 53.8 Å². The lowest BCUT2D eigenvalue weighted by atomic mass is 10.1. The van der Waals surface area contributed by atoms with Gasteiger partial charge < -0.3 is 15.3 Å². The fraction of sp³-hybridized carbons (Fsp3) is 0.450. The second kappa shape index (κ2) is 10.2. The summed E-state index contributed by atoms with van der Waals surface area (Å²) in [7, 11) is -4.10. The van der Waals surface area contributed by atoms with Crippen molar-refractivity contribution in [3.63, 3.8) is 0 Å². The molecule has 0 fully saturated rings. The summed E-state index contributed by atoms with van der Waals surface area (Å²) < 4.78 is 24.5. The molecule has 0 aliphatic heterocycles. The number of anilines is 1. The molecule has 1 aromatic carbocycles. The van der Waals surface area contributed by atoms with Crippen molar-refractivity contribution in [1.29, 1.82) is 0 Å². The van der Waals surface area contributed by atoms with Crippen LogP contribution in [0.1, 0.15) is 13.3 Å². The van der Waals surface area contributed by atoms with E-state index < -0.39 is 15.9 Å². The number of nitrogens with one attached hydrogen (secondary N) is 1. The SMILES string of the molecule is CC(O)CNc1nc(S(C)(=O)=O)nc2c1c(-c1ccccc1Cl)nn2OCCC[Si](C)C. The molecule has 9 nitrogen and oxygen atoms in total. The van der Waals surface area contributed by atoms with Gasteiger partial charge in [0.25, 0.3) is 5.16 Å². The lowest BCUT2D eigenvalue weighted by Gasteiger charge is -2.11. The summed E-state index contributed by atoms with van der Waals surface area (Å²) in [5.74, 6) is 0.230. The van der Waals surface area contributed by atoms with E-state index in [9.17, 15) is 13.5 Å². The van der Waals surface area contributed by atoms with Crippen molar-refractivity contribution in [2.24, 2.45) is 0 Å². The summed E-state index contributed by atoms with van der Waals surface area (Å²) in [4.78, 5) is 15.6. The van der Waals surface area contributed by atoms with E-state index in [0.717, 1.165) is 18.7 Å². The third-order valence-corrected chi connectivity index (χ3v) is 7.07. The molecule has 0 aliphatic rings. The van der Waals surface area contributed by atoms with Crippen molar-refractivity contribution < 1.29 is 18.4 Å². The smallest absolute Gasteiger partial charge is 0.250 e. The van der Waals surface area contributed by atoms with Gasteiger partial charge in [-0.25, -0.2) is 13.4 Å². The number of sulfone groups is 1. The Morgan fingerprint density at radius 3 is 2.62 bits per heavy atom. The van der Waals surface area contributed by atoms with Gasteiger partial charge in [0.2, 0.25) is 15.5 Å². The maximum Gasteiger partial charge on any atom is 0.250 e. The largest absolute Gasteiger partial charge is 0.395 e. The van der Waals surface area contributed by atoms with Crippen molar-refractivity contribution in [3.8, 4) is 11.3 Å². The van der Waals surface area contributed by atoms with Gasteiger partial charge in [-0.05, 0) is 19.4 Å². The predicted octanol–water partition coefficient (Wildman–Crippen LogP) is 2.92. The molecule has 32 heavy (non-hydrogen) atoms. The molecule has 2 N–H and O–H groups in total. The number of aliphatic hydroxyl groups is 1. The first-order valence-electron chi connectivity index (χ1n) is 10.2. The first-order valence-corrected chi connectivity index (χ1v) is 15.2. The minimum absolute atomic E-state index is 0.154. The predicted molar refractivity (Wildman–Crippen MR) is 127 cm³/mol. The van der Waals surface area contributed by atoms with Crippen molar-refractivity contribution in [2.45, 2.75) is 43.7 Å². The van der Waals surface area contributed by atoms with E-state index in [4.69, 9.17) is 16.4 Å². The van der Waals surface area contributed by atoms with Gasteiger partial charge in [0.15, 0.2) is 0 Å². The van der Waals surface area contributed by atoms with Crippen LogP contribution in [0, 0.1) is 0 Å². The number of rotatable bonds is 10. The van der Waals surface area contributed by atoms with Gasteiger partial charge in [0.05, 0.1) is 16.5 Å². The summed E-state index contributed by atoms with van der Waals surface area (Å²) in [5.41, 5.74) is 1.29. The molecule has 12 heteroatoms. The second-order valence-electron chi connectivity index (χ2n) is 7.90. The van der Waals surface area contributed by atoms with Crippen LogP contribution in [-0.2, 0) is 9.84 Å². The highest BCUT2D eigenvalue weighted by atomic mass is 35.5. The number of hydrogen-bond acceptors (Lipinski definition) is 8. The minimum atomic E-state index is -3.72. The van der Waals surface area contributed by atoms with Crippen LogP contribution in [0.2, 0.25) is 24.2 Å². The average molecular weight is 497 g/mol. The zero-order chi connectivity index (χ0) is 23.5. The molecule has 0 amide bonds. The zero-order valence-electron chi connectivity index (χ0n) is 18.5. The first kappa shape index (κ1) is 24.4. The lowest BCUT2D eigenvalue weighted by molar-refractivity contribution is 0.0913. The Kier molecular flexibility index (Phi) is 7.75. The number of nitrogens with zero attached hydrogens (tertiary/aromatic N) is 4. The fourth-order valence-corrected chi connectivity index (χ4v) is 4.61. The molecule has 0 bridgehead atoms. The van der Waals surface area contributed by atoms with E-state index in [-0.39, 0.29) is 32.0 Å². The molecule has 1 unspecified atom stereocenters. The minimum Gasteiger partial charge on any atom is -0.395 e. The Bertz CT molecular complexity index is 1200. The van der Waals surface area contributed by atoms with Crippen LogP contribution in [0.3, 0.4) is 0 Å². The van der Waals surface area contributed by atoms with E-state index in [2.05, 4.69) is 33.5 Å². The van der Waals surface area contributed by atoms with Gasteiger partial charge >= 0.3 is 0 Å². The van der Waals surface area contributed by atoms with E-state index in [1.807, 2.05) is 6.07 Å². The van der Waals surface area contributed by atoms with Crippen LogP contribution in [-0.4, -0.2) is 67.7 Å². The molecular formula is C20H27ClN5O4SSi. The molecular weight excluding hydrogens is 470 g/mol. The summed E-state index contributed by atoms with van der Waals surface area (Å²) in [6, 6.07) is 8.25. The van der Waals surface area contributed by atoms with E-state index >= 15 is 0 Å². The van der Waals surface area contributed by atoms with Crippen molar-refractivity contribution in [2.75, 3.05) is 24.7 Å². The summed E-state index contributed by atoms with van der Waals surface area (Å²) in [5, 5.41) is 17.9. The second-order valence-corrected chi connectivity index (χ2v) is 13.1. The van der Waals surface area contributed by atoms with Gasteiger partial charge in [0, 0.05) is 27.2 Å². The molecule has 1 radical (unpaired) electrons. The fourth-order valence-electron chi connectivity index (χ4n) is 3.02. The van der Waals surface area contributed by atoms with Crippen LogP contribution in [0.4, 0.5) is 5.82 Å². The number of hydrogen-bond donors (Lipinski definition) is 2. The molecule has 3 rings (SSSR count). The van der Waals surface area contributed by atoms with Gasteiger partial charge in [0.1, 0.15) is 18.1 Å². The quantitative estimate of drug-likeness (QED) is 0.250. The van der Waals surface area contributed by atoms with E-state index in [1.165, 1.54) is 4.85 Å². The summed E-state index contributed by atoms with van der Waals surface area (Å²) in [6.07, 6.45) is 1.20. The monoisotopic (exact) mass is 496 g/mol. The standard InChI is InChI=1S/C20H27ClN5O4SSi/c1-13(27)12-22-18-16-17(14-8-5-6-9-15(14)21)25-26(30-10-7-11-32(3)4)19(16)24-20(23-18)31(2,28)29/h5-6,8-9,13,27H,7,10-12H2,1-4H3,(H,22,23,24). The lowest BCUT2D eigenvalue weighted by Crippen LogP contribution is -2.19. The molecule has 0 spiro atoms. The van der Waals surface area contributed by atoms with E-state index in [1.54, 1.807) is 25.1 Å². The molecule has 3 aromatic rings. The van der Waals surface area contributed by atoms with Gasteiger partial charge in [-0.3, -0.25) is 0 Å². The molecule has 173 valence electrons. The highest BCUT2D eigenvalue weighted by Gasteiger charge is 2.25. The average Bonchev–Trinajstić information content (AvgIpc) is 3.07.